The summed E-state index contributed by atoms with van der Waals surface area (Å²) < 4.78 is 16.4. The molecule has 0 aromatic carbocycles. The maximum absolute atomic E-state index is 5.59. The van der Waals surface area contributed by atoms with Crippen LogP contribution in [0.2, 0.25) is 0 Å². The summed E-state index contributed by atoms with van der Waals surface area (Å²) in [7, 11) is 0. The van der Waals surface area contributed by atoms with Gasteiger partial charge in [0, 0.05) is 19.8 Å². The van der Waals surface area contributed by atoms with E-state index >= 15 is 0 Å². The Hall–Kier alpha value is -0.160. The van der Waals surface area contributed by atoms with E-state index in [-0.39, 0.29) is 6.29 Å². The molecular formula is C12H25NO3. The van der Waals surface area contributed by atoms with E-state index < -0.39 is 0 Å². The Bertz CT molecular complexity index is 154. The Morgan fingerprint density at radius 3 is 2.56 bits per heavy atom. The molecule has 4 heteroatoms. The summed E-state index contributed by atoms with van der Waals surface area (Å²) in [5, 5.41) is 3.36. The molecule has 1 aliphatic heterocycles. The average molecular weight is 231 g/mol. The Kier molecular flexibility index (Phi) is 7.76. The van der Waals surface area contributed by atoms with Crippen molar-refractivity contribution in [1.82, 2.24) is 5.32 Å². The van der Waals surface area contributed by atoms with Gasteiger partial charge >= 0.3 is 0 Å². The van der Waals surface area contributed by atoms with E-state index in [4.69, 9.17) is 14.2 Å². The van der Waals surface area contributed by atoms with Crippen LogP contribution < -0.4 is 5.32 Å². The zero-order chi connectivity index (χ0) is 11.6. The molecule has 16 heavy (non-hydrogen) atoms. The van der Waals surface area contributed by atoms with Crippen LogP contribution in [0.25, 0.3) is 0 Å². The van der Waals surface area contributed by atoms with Gasteiger partial charge in [0.15, 0.2) is 6.29 Å². The first-order chi connectivity index (χ1) is 7.86. The highest BCUT2D eigenvalue weighted by atomic mass is 16.7. The monoisotopic (exact) mass is 231 g/mol. The average Bonchev–Trinajstić information content (AvgIpc) is 2.78. The molecule has 0 aliphatic carbocycles. The number of hydrogen-bond acceptors (Lipinski definition) is 4. The first kappa shape index (κ1) is 13.9. The van der Waals surface area contributed by atoms with Gasteiger partial charge in [-0.3, -0.25) is 0 Å². The number of hydrogen-bond donors (Lipinski definition) is 1. The minimum absolute atomic E-state index is 0.197. The summed E-state index contributed by atoms with van der Waals surface area (Å²) in [5.74, 6) is 0.789. The van der Waals surface area contributed by atoms with Crippen molar-refractivity contribution in [2.24, 2.45) is 5.92 Å². The molecule has 0 saturated carbocycles. The van der Waals surface area contributed by atoms with E-state index in [1.165, 1.54) is 6.42 Å². The molecule has 1 aliphatic rings. The molecule has 0 spiro atoms. The van der Waals surface area contributed by atoms with Gasteiger partial charge in [-0.15, -0.1) is 0 Å². The van der Waals surface area contributed by atoms with E-state index in [9.17, 15) is 0 Å². The molecule has 0 amide bonds. The molecule has 1 saturated heterocycles. The van der Waals surface area contributed by atoms with Crippen LogP contribution in [0, 0.1) is 5.92 Å². The van der Waals surface area contributed by atoms with Crippen LogP contribution in [0.3, 0.4) is 0 Å². The lowest BCUT2D eigenvalue weighted by atomic mass is 10.1. The fourth-order valence-electron chi connectivity index (χ4n) is 1.91. The largest absolute Gasteiger partial charge is 0.376 e. The first-order valence-electron chi connectivity index (χ1n) is 6.38. The highest BCUT2D eigenvalue weighted by Crippen LogP contribution is 2.11. The van der Waals surface area contributed by atoms with Crippen LogP contribution in [0.4, 0.5) is 0 Å². The normalized spacial score (nSPS) is 20.8. The maximum Gasteiger partial charge on any atom is 0.180 e. The summed E-state index contributed by atoms with van der Waals surface area (Å²) in [6.45, 7) is 8.92. The maximum atomic E-state index is 5.59. The van der Waals surface area contributed by atoms with Gasteiger partial charge in [0.1, 0.15) is 0 Å². The lowest BCUT2D eigenvalue weighted by Crippen LogP contribution is -2.24. The van der Waals surface area contributed by atoms with E-state index in [1.807, 2.05) is 13.8 Å². The molecule has 1 atom stereocenters. The quantitative estimate of drug-likeness (QED) is 0.481. The highest BCUT2D eigenvalue weighted by molar-refractivity contribution is 4.70. The summed E-state index contributed by atoms with van der Waals surface area (Å²) in [4.78, 5) is 0. The molecule has 1 N–H and O–H groups in total. The second-order valence-electron chi connectivity index (χ2n) is 4.06. The van der Waals surface area contributed by atoms with Gasteiger partial charge in [0.05, 0.1) is 6.61 Å². The lowest BCUT2D eigenvalue weighted by Gasteiger charge is -2.17. The van der Waals surface area contributed by atoms with Crippen molar-refractivity contribution >= 4 is 0 Å². The molecule has 1 heterocycles. The molecule has 4 nitrogen and oxygen atoms in total. The fraction of sp³-hybridized carbons (Fsp3) is 1.00. The van der Waals surface area contributed by atoms with Gasteiger partial charge in [0.25, 0.3) is 0 Å². The molecule has 0 aromatic heterocycles. The summed E-state index contributed by atoms with van der Waals surface area (Å²) in [5.41, 5.74) is 0. The molecule has 0 aromatic rings. The smallest absolute Gasteiger partial charge is 0.180 e. The zero-order valence-electron chi connectivity index (χ0n) is 10.5. The van der Waals surface area contributed by atoms with Crippen LogP contribution >= 0.6 is 0 Å². The lowest BCUT2D eigenvalue weighted by molar-refractivity contribution is -0.167. The highest BCUT2D eigenvalue weighted by Gasteiger charge is 2.14. The second kappa shape index (κ2) is 8.93. The van der Waals surface area contributed by atoms with Gasteiger partial charge in [0.2, 0.25) is 0 Å². The van der Waals surface area contributed by atoms with Crippen molar-refractivity contribution in [1.29, 1.82) is 0 Å². The van der Waals surface area contributed by atoms with Gasteiger partial charge in [-0.1, -0.05) is 0 Å². The Balaban J connectivity index is 1.98. The van der Waals surface area contributed by atoms with Crippen molar-refractivity contribution in [3.8, 4) is 0 Å². The first-order valence-corrected chi connectivity index (χ1v) is 6.38. The molecule has 1 fully saturated rings. The topological polar surface area (TPSA) is 39.7 Å². The molecule has 1 rings (SSSR count). The Morgan fingerprint density at radius 1 is 1.25 bits per heavy atom. The van der Waals surface area contributed by atoms with Crippen molar-refractivity contribution in [3.63, 3.8) is 0 Å². The second-order valence-corrected chi connectivity index (χ2v) is 4.06. The molecule has 1 unspecified atom stereocenters. The third-order valence-electron chi connectivity index (χ3n) is 2.79. The standard InChI is InChI=1S/C12H25NO3/c1-3-15-12(16-4-2)10-14-8-6-11-5-7-13-9-11/h11-13H,3-10H2,1-2H3. The predicted octanol–water partition coefficient (Wildman–Crippen LogP) is 1.40. The van der Waals surface area contributed by atoms with Crippen LogP contribution in [0.1, 0.15) is 26.7 Å². The van der Waals surface area contributed by atoms with E-state index in [2.05, 4.69) is 5.32 Å². The fourth-order valence-corrected chi connectivity index (χ4v) is 1.91. The Labute approximate surface area is 98.6 Å². The van der Waals surface area contributed by atoms with Crippen molar-refractivity contribution < 1.29 is 14.2 Å². The zero-order valence-corrected chi connectivity index (χ0v) is 10.5. The van der Waals surface area contributed by atoms with Gasteiger partial charge in [-0.25, -0.2) is 0 Å². The van der Waals surface area contributed by atoms with Crippen LogP contribution in [0.5, 0.6) is 0 Å². The van der Waals surface area contributed by atoms with Gasteiger partial charge < -0.3 is 19.5 Å². The van der Waals surface area contributed by atoms with Crippen molar-refractivity contribution in [3.05, 3.63) is 0 Å². The predicted molar refractivity (Wildman–Crippen MR) is 63.5 cm³/mol. The molecule has 0 bridgehead atoms. The summed E-state index contributed by atoms with van der Waals surface area (Å²) in [6, 6.07) is 0. The SMILES string of the molecule is CCOC(COCCC1CCNC1)OCC. The van der Waals surface area contributed by atoms with Crippen LogP contribution in [-0.2, 0) is 14.2 Å². The number of rotatable bonds is 9. The molecule has 0 radical (unpaired) electrons. The molecular weight excluding hydrogens is 206 g/mol. The van der Waals surface area contributed by atoms with E-state index in [1.54, 1.807) is 0 Å². The van der Waals surface area contributed by atoms with Gasteiger partial charge in [-0.05, 0) is 45.7 Å². The minimum atomic E-state index is -0.197. The minimum Gasteiger partial charge on any atom is -0.376 e. The van der Waals surface area contributed by atoms with E-state index in [0.717, 1.165) is 32.0 Å². The third-order valence-corrected chi connectivity index (χ3v) is 2.79. The van der Waals surface area contributed by atoms with Crippen molar-refractivity contribution in [2.45, 2.75) is 33.0 Å². The molecule has 96 valence electrons. The third kappa shape index (κ3) is 5.80. The van der Waals surface area contributed by atoms with E-state index in [0.29, 0.717) is 19.8 Å². The van der Waals surface area contributed by atoms with Crippen LogP contribution in [-0.4, -0.2) is 45.8 Å². The number of nitrogens with one attached hydrogen (secondary N) is 1. The van der Waals surface area contributed by atoms with Gasteiger partial charge in [-0.2, -0.15) is 0 Å². The Morgan fingerprint density at radius 2 is 2.00 bits per heavy atom. The summed E-state index contributed by atoms with van der Waals surface area (Å²) >= 11 is 0. The van der Waals surface area contributed by atoms with Crippen LogP contribution in [0.15, 0.2) is 0 Å². The van der Waals surface area contributed by atoms with Crippen molar-refractivity contribution in [2.75, 3.05) is 39.5 Å². The number of ether oxygens (including phenoxy) is 3. The summed E-state index contributed by atoms with van der Waals surface area (Å²) in [6.07, 6.45) is 2.22.